The average Bonchev–Trinajstić information content (AvgIpc) is 2.47. The van der Waals surface area contributed by atoms with Gasteiger partial charge in [-0.05, 0) is 45.5 Å². The van der Waals surface area contributed by atoms with Crippen LogP contribution < -0.4 is 10.0 Å². The predicted octanol–water partition coefficient (Wildman–Crippen LogP) is 0.951. The van der Waals surface area contributed by atoms with Crippen molar-refractivity contribution >= 4 is 21.6 Å². The molecule has 24 heavy (non-hydrogen) atoms. The van der Waals surface area contributed by atoms with Crippen LogP contribution in [0, 0.1) is 6.92 Å². The summed E-state index contributed by atoms with van der Waals surface area (Å²) in [7, 11) is -2.20. The van der Waals surface area contributed by atoms with Crippen LogP contribution >= 0.6 is 0 Å². The number of morpholine rings is 1. The fourth-order valence-corrected chi connectivity index (χ4v) is 3.89. The minimum absolute atomic E-state index is 0.0910. The molecule has 0 saturated carbocycles. The highest BCUT2D eigenvalue weighted by molar-refractivity contribution is 7.89. The summed E-state index contributed by atoms with van der Waals surface area (Å²) < 4.78 is 31.9. The van der Waals surface area contributed by atoms with Gasteiger partial charge in [-0.15, -0.1) is 0 Å². The second-order valence-electron chi connectivity index (χ2n) is 6.19. The van der Waals surface area contributed by atoms with Gasteiger partial charge in [-0.25, -0.2) is 13.1 Å². The average molecular weight is 355 g/mol. The number of ether oxygens (including phenoxy) is 1. The zero-order valence-corrected chi connectivity index (χ0v) is 15.3. The highest BCUT2D eigenvalue weighted by atomic mass is 32.2. The lowest BCUT2D eigenvalue weighted by Crippen LogP contribution is -2.48. The molecule has 2 rings (SSSR count). The first-order valence-corrected chi connectivity index (χ1v) is 9.41. The molecule has 0 aromatic heterocycles. The van der Waals surface area contributed by atoms with E-state index in [-0.39, 0.29) is 29.6 Å². The van der Waals surface area contributed by atoms with Gasteiger partial charge >= 0.3 is 0 Å². The summed E-state index contributed by atoms with van der Waals surface area (Å²) >= 11 is 0. The lowest BCUT2D eigenvalue weighted by atomic mass is 10.2. The molecule has 0 spiro atoms. The van der Waals surface area contributed by atoms with Crippen LogP contribution in [0.1, 0.15) is 19.4 Å². The second kappa shape index (κ2) is 7.60. The van der Waals surface area contributed by atoms with Gasteiger partial charge in [0.15, 0.2) is 0 Å². The fourth-order valence-electron chi connectivity index (χ4n) is 2.89. The van der Waals surface area contributed by atoms with Crippen LogP contribution in [-0.4, -0.2) is 58.1 Å². The van der Waals surface area contributed by atoms with E-state index in [2.05, 4.69) is 10.0 Å². The number of hydrogen-bond donors (Lipinski definition) is 2. The molecule has 1 aromatic carbocycles. The summed E-state index contributed by atoms with van der Waals surface area (Å²) in [4.78, 5) is 14.4. The number of sulfonamides is 1. The van der Waals surface area contributed by atoms with Gasteiger partial charge in [-0.1, -0.05) is 6.07 Å². The first-order chi connectivity index (χ1) is 11.2. The molecular weight excluding hydrogens is 330 g/mol. The summed E-state index contributed by atoms with van der Waals surface area (Å²) in [6.07, 6.45) is 0.182. The number of nitrogens with one attached hydrogen (secondary N) is 2. The minimum Gasteiger partial charge on any atom is -0.373 e. The second-order valence-corrected chi connectivity index (χ2v) is 8.04. The van der Waals surface area contributed by atoms with Crippen molar-refractivity contribution in [3.05, 3.63) is 23.8 Å². The minimum atomic E-state index is -3.56. The molecule has 1 aromatic rings. The third kappa shape index (κ3) is 4.76. The first kappa shape index (κ1) is 18.9. The van der Waals surface area contributed by atoms with E-state index < -0.39 is 10.0 Å². The zero-order chi connectivity index (χ0) is 17.9. The molecule has 1 heterocycles. The molecule has 0 radical (unpaired) electrons. The zero-order valence-electron chi connectivity index (χ0n) is 14.5. The standard InChI is InChI=1S/C16H25N3O4S/c1-11-5-6-14(7-15(11)24(21,22)17-4)18-16(20)10-19-8-12(2)23-13(3)9-19/h5-7,12-13,17H,8-10H2,1-4H3,(H,18,20)/t12-,13+. The van der Waals surface area contributed by atoms with Crippen molar-refractivity contribution in [1.82, 2.24) is 9.62 Å². The molecule has 0 unspecified atom stereocenters. The van der Waals surface area contributed by atoms with Crippen molar-refractivity contribution < 1.29 is 17.9 Å². The number of carbonyl (C=O) groups excluding carboxylic acids is 1. The van der Waals surface area contributed by atoms with Crippen molar-refractivity contribution in [3.8, 4) is 0 Å². The quantitative estimate of drug-likeness (QED) is 0.821. The largest absolute Gasteiger partial charge is 0.373 e. The molecule has 134 valence electrons. The molecular formula is C16H25N3O4S. The van der Waals surface area contributed by atoms with Crippen LogP contribution in [0.4, 0.5) is 5.69 Å². The Balaban J connectivity index is 2.05. The summed E-state index contributed by atoms with van der Waals surface area (Å²) in [5.41, 5.74) is 1.09. The van der Waals surface area contributed by atoms with Crippen LogP contribution in [0.5, 0.6) is 0 Å². The van der Waals surface area contributed by atoms with E-state index in [1.165, 1.54) is 13.1 Å². The molecule has 2 atom stereocenters. The van der Waals surface area contributed by atoms with Crippen molar-refractivity contribution in [2.75, 3.05) is 32.0 Å². The summed E-state index contributed by atoms with van der Waals surface area (Å²) in [6.45, 7) is 7.33. The normalized spacial score (nSPS) is 22.3. The highest BCUT2D eigenvalue weighted by Crippen LogP contribution is 2.20. The maximum atomic E-state index is 12.3. The van der Waals surface area contributed by atoms with Crippen LogP contribution in [0.25, 0.3) is 0 Å². The predicted molar refractivity (Wildman–Crippen MR) is 92.5 cm³/mol. The van der Waals surface area contributed by atoms with E-state index in [0.717, 1.165) is 0 Å². The van der Waals surface area contributed by atoms with E-state index in [0.29, 0.717) is 24.3 Å². The summed E-state index contributed by atoms with van der Waals surface area (Å²) in [5.74, 6) is -0.173. The number of amides is 1. The van der Waals surface area contributed by atoms with Crippen molar-refractivity contribution in [2.24, 2.45) is 0 Å². The molecule has 7 nitrogen and oxygen atoms in total. The third-order valence-corrected chi connectivity index (χ3v) is 5.45. The molecule has 1 aliphatic rings. The lowest BCUT2D eigenvalue weighted by molar-refractivity contribution is -0.121. The first-order valence-electron chi connectivity index (χ1n) is 7.93. The Labute approximate surface area is 143 Å². The summed E-state index contributed by atoms with van der Waals surface area (Å²) in [5, 5.41) is 2.77. The van der Waals surface area contributed by atoms with E-state index in [1.54, 1.807) is 19.1 Å². The highest BCUT2D eigenvalue weighted by Gasteiger charge is 2.24. The fraction of sp³-hybridized carbons (Fsp3) is 0.562. The Hall–Kier alpha value is -1.48. The maximum absolute atomic E-state index is 12.3. The Bertz CT molecular complexity index is 695. The van der Waals surface area contributed by atoms with Gasteiger partial charge in [-0.2, -0.15) is 0 Å². The molecule has 8 heteroatoms. The van der Waals surface area contributed by atoms with Crippen molar-refractivity contribution in [3.63, 3.8) is 0 Å². The van der Waals surface area contributed by atoms with Gasteiger partial charge in [0.1, 0.15) is 0 Å². The van der Waals surface area contributed by atoms with E-state index in [4.69, 9.17) is 4.74 Å². The number of anilines is 1. The monoisotopic (exact) mass is 355 g/mol. The third-order valence-electron chi connectivity index (χ3n) is 3.89. The van der Waals surface area contributed by atoms with Gasteiger partial charge in [0.05, 0.1) is 23.6 Å². The number of hydrogen-bond acceptors (Lipinski definition) is 5. The number of nitrogens with zero attached hydrogens (tertiary/aromatic N) is 1. The van der Waals surface area contributed by atoms with Crippen molar-refractivity contribution in [1.29, 1.82) is 0 Å². The van der Waals surface area contributed by atoms with Gasteiger partial charge in [0.2, 0.25) is 15.9 Å². The Morgan fingerprint density at radius 1 is 1.29 bits per heavy atom. The molecule has 1 saturated heterocycles. The summed E-state index contributed by atoms with van der Waals surface area (Å²) in [6, 6.07) is 4.86. The number of rotatable bonds is 5. The molecule has 0 bridgehead atoms. The van der Waals surface area contributed by atoms with E-state index in [9.17, 15) is 13.2 Å². The number of carbonyl (C=O) groups is 1. The molecule has 2 N–H and O–H groups in total. The van der Waals surface area contributed by atoms with Gasteiger partial charge < -0.3 is 10.1 Å². The Morgan fingerprint density at radius 2 is 1.92 bits per heavy atom. The molecule has 0 aliphatic carbocycles. The van der Waals surface area contributed by atoms with E-state index in [1.807, 2.05) is 18.7 Å². The van der Waals surface area contributed by atoms with Gasteiger partial charge in [0, 0.05) is 18.8 Å². The van der Waals surface area contributed by atoms with E-state index >= 15 is 0 Å². The Morgan fingerprint density at radius 3 is 2.50 bits per heavy atom. The lowest BCUT2D eigenvalue weighted by Gasteiger charge is -2.34. The van der Waals surface area contributed by atoms with Gasteiger partial charge in [0.25, 0.3) is 0 Å². The SMILES string of the molecule is CNS(=O)(=O)c1cc(NC(=O)CN2C[C@@H](C)O[C@@H](C)C2)ccc1C. The topological polar surface area (TPSA) is 87.7 Å². The molecule has 1 aliphatic heterocycles. The van der Waals surface area contributed by atoms with Crippen molar-refractivity contribution in [2.45, 2.75) is 37.9 Å². The van der Waals surface area contributed by atoms with Crippen LogP contribution in [0.2, 0.25) is 0 Å². The number of aryl methyl sites for hydroxylation is 1. The van der Waals surface area contributed by atoms with Crippen LogP contribution in [-0.2, 0) is 19.6 Å². The Kier molecular flexibility index (Phi) is 5.97. The van der Waals surface area contributed by atoms with Gasteiger partial charge in [-0.3, -0.25) is 9.69 Å². The number of benzene rings is 1. The van der Waals surface area contributed by atoms with Crippen LogP contribution in [0.15, 0.2) is 23.1 Å². The molecule has 1 fully saturated rings. The maximum Gasteiger partial charge on any atom is 0.240 e. The van der Waals surface area contributed by atoms with Crippen LogP contribution in [0.3, 0.4) is 0 Å². The smallest absolute Gasteiger partial charge is 0.240 e. The molecule has 1 amide bonds.